The molecule has 1 heterocycles. The molecular weight excluding hydrogens is 581 g/mol. The summed E-state index contributed by atoms with van der Waals surface area (Å²) in [5.41, 5.74) is 2.67. The zero-order valence-electron chi connectivity index (χ0n) is 17.0. The van der Waals surface area contributed by atoms with Gasteiger partial charge in [-0.3, -0.25) is 0 Å². The number of esters is 2. The highest BCUT2D eigenvalue weighted by Crippen LogP contribution is 2.37. The van der Waals surface area contributed by atoms with E-state index >= 15 is 0 Å². The van der Waals surface area contributed by atoms with Crippen LogP contribution in [0.5, 0.6) is 11.5 Å². The van der Waals surface area contributed by atoms with Crippen molar-refractivity contribution in [3.05, 3.63) is 60.8 Å². The first-order chi connectivity index (χ1) is 14.8. The Bertz CT molecular complexity index is 1100. The lowest BCUT2D eigenvalue weighted by Crippen LogP contribution is -2.15. The molecule has 31 heavy (non-hydrogen) atoms. The molecule has 0 saturated heterocycles. The Morgan fingerprint density at radius 2 is 2.06 bits per heavy atom. The topological polar surface area (TPSA) is 83.4 Å². The zero-order valence-corrected chi connectivity index (χ0v) is 20.8. The van der Waals surface area contributed by atoms with Crippen molar-refractivity contribution in [3.63, 3.8) is 0 Å². The smallest absolute Gasteiger partial charge is 0.363 e. The summed E-state index contributed by atoms with van der Waals surface area (Å²) in [4.78, 5) is 28.2. The van der Waals surface area contributed by atoms with Gasteiger partial charge in [-0.15, -0.1) is 0 Å². The predicted octanol–water partition coefficient (Wildman–Crippen LogP) is 4.66. The van der Waals surface area contributed by atoms with Gasteiger partial charge >= 0.3 is 11.9 Å². The molecular formula is C22H19BrINO6. The largest absolute Gasteiger partial charge is 0.493 e. The van der Waals surface area contributed by atoms with Crippen molar-refractivity contribution >= 4 is 62.4 Å². The molecule has 7 nitrogen and oxygen atoms in total. The third kappa shape index (κ3) is 5.65. The predicted molar refractivity (Wildman–Crippen MR) is 127 cm³/mol. The first-order valence-electron chi connectivity index (χ1n) is 9.27. The minimum atomic E-state index is -0.539. The summed E-state index contributed by atoms with van der Waals surface area (Å²) in [5, 5.41) is 0. The quantitative estimate of drug-likeness (QED) is 0.262. The van der Waals surface area contributed by atoms with Crippen LogP contribution in [-0.4, -0.2) is 38.2 Å². The van der Waals surface area contributed by atoms with Crippen LogP contribution in [0, 0.1) is 10.5 Å². The molecule has 2 aromatic rings. The summed E-state index contributed by atoms with van der Waals surface area (Å²) in [6.45, 7) is 3.74. The van der Waals surface area contributed by atoms with E-state index in [-0.39, 0.29) is 24.8 Å². The Morgan fingerprint density at radius 1 is 1.29 bits per heavy atom. The molecule has 0 fully saturated rings. The van der Waals surface area contributed by atoms with Crippen LogP contribution < -0.4 is 9.47 Å². The van der Waals surface area contributed by atoms with Crippen molar-refractivity contribution in [2.45, 2.75) is 13.8 Å². The van der Waals surface area contributed by atoms with Gasteiger partial charge < -0.3 is 18.9 Å². The van der Waals surface area contributed by atoms with E-state index in [4.69, 9.17) is 18.9 Å². The molecule has 0 N–H and O–H groups in total. The number of cyclic esters (lactones) is 1. The highest BCUT2D eigenvalue weighted by atomic mass is 127. The lowest BCUT2D eigenvalue weighted by atomic mass is 10.1. The molecule has 162 valence electrons. The molecule has 0 amide bonds. The van der Waals surface area contributed by atoms with Crippen molar-refractivity contribution in [3.8, 4) is 11.5 Å². The monoisotopic (exact) mass is 599 g/mol. The second-order valence-corrected chi connectivity index (χ2v) is 8.44. The maximum absolute atomic E-state index is 12.3. The Morgan fingerprint density at radius 3 is 2.74 bits per heavy atom. The molecule has 9 heteroatoms. The van der Waals surface area contributed by atoms with Gasteiger partial charge in [0, 0.05) is 9.13 Å². The molecule has 0 unspecified atom stereocenters. The van der Waals surface area contributed by atoms with E-state index in [1.165, 1.54) is 7.11 Å². The fourth-order valence-corrected chi connectivity index (χ4v) is 3.80. The number of aryl methyl sites for hydroxylation is 1. The molecule has 0 bridgehead atoms. The van der Waals surface area contributed by atoms with Crippen LogP contribution in [0.15, 0.2) is 45.5 Å². The van der Waals surface area contributed by atoms with E-state index in [0.29, 0.717) is 21.5 Å². The van der Waals surface area contributed by atoms with Crippen LogP contribution in [0.4, 0.5) is 0 Å². The summed E-state index contributed by atoms with van der Waals surface area (Å²) in [7, 11) is 1.48. The molecule has 0 aliphatic carbocycles. The Labute approximate surface area is 201 Å². The van der Waals surface area contributed by atoms with Gasteiger partial charge in [-0.1, -0.05) is 6.07 Å². The van der Waals surface area contributed by atoms with Gasteiger partial charge in [-0.05, 0) is 93.8 Å². The van der Waals surface area contributed by atoms with E-state index in [9.17, 15) is 9.59 Å². The molecule has 0 radical (unpaired) electrons. The SMILES string of the molecule is CCOC(=O)COc1c(Br)cc(/C=C2/N=C(c3ccc(C)c(I)c3)OC2=O)cc1OC. The fraction of sp³-hybridized carbons (Fsp3) is 0.227. The first-order valence-corrected chi connectivity index (χ1v) is 11.1. The third-order valence-electron chi connectivity index (χ3n) is 4.23. The molecule has 2 aromatic carbocycles. The first kappa shape index (κ1) is 23.3. The molecule has 0 aromatic heterocycles. The average Bonchev–Trinajstić information content (AvgIpc) is 3.09. The lowest BCUT2D eigenvalue weighted by Gasteiger charge is -2.13. The number of carbonyl (C=O) groups is 2. The lowest BCUT2D eigenvalue weighted by molar-refractivity contribution is -0.145. The summed E-state index contributed by atoms with van der Waals surface area (Å²) in [6, 6.07) is 9.13. The summed E-state index contributed by atoms with van der Waals surface area (Å²) in [6.07, 6.45) is 1.59. The van der Waals surface area contributed by atoms with Crippen LogP contribution in [-0.2, 0) is 19.1 Å². The number of ether oxygens (including phenoxy) is 4. The average molecular weight is 600 g/mol. The summed E-state index contributed by atoms with van der Waals surface area (Å²) >= 11 is 5.64. The minimum absolute atomic E-state index is 0.166. The molecule has 0 atom stereocenters. The maximum Gasteiger partial charge on any atom is 0.363 e. The highest BCUT2D eigenvalue weighted by molar-refractivity contribution is 14.1. The van der Waals surface area contributed by atoms with Crippen LogP contribution in [0.1, 0.15) is 23.6 Å². The summed E-state index contributed by atoms with van der Waals surface area (Å²) in [5.74, 6) is -0.0267. The van der Waals surface area contributed by atoms with Crippen LogP contribution in [0.2, 0.25) is 0 Å². The Balaban J connectivity index is 1.87. The third-order valence-corrected chi connectivity index (χ3v) is 5.99. The number of benzene rings is 2. The standard InChI is InChI=1S/C22H19BrINO6/c1-4-29-19(26)11-30-20-15(23)7-13(9-18(20)28-3)8-17-22(27)31-21(25-17)14-6-5-12(2)16(24)10-14/h5-10H,4,11H2,1-3H3/b17-8+. The van der Waals surface area contributed by atoms with Crippen molar-refractivity contribution < 1.29 is 28.5 Å². The number of nitrogens with zero attached hydrogens (tertiary/aromatic N) is 1. The van der Waals surface area contributed by atoms with Crippen molar-refractivity contribution in [2.24, 2.45) is 4.99 Å². The number of carbonyl (C=O) groups excluding carboxylic acids is 2. The molecule has 1 aliphatic heterocycles. The van der Waals surface area contributed by atoms with Crippen molar-refractivity contribution in [1.29, 1.82) is 0 Å². The van der Waals surface area contributed by atoms with E-state index in [1.54, 1.807) is 25.1 Å². The number of hydrogen-bond donors (Lipinski definition) is 0. The van der Waals surface area contributed by atoms with E-state index in [1.807, 2.05) is 25.1 Å². The highest BCUT2D eigenvalue weighted by Gasteiger charge is 2.25. The van der Waals surface area contributed by atoms with Gasteiger partial charge in [-0.2, -0.15) is 0 Å². The van der Waals surface area contributed by atoms with E-state index < -0.39 is 11.9 Å². The fourth-order valence-electron chi connectivity index (χ4n) is 2.71. The molecule has 1 aliphatic rings. The zero-order chi connectivity index (χ0) is 22.5. The van der Waals surface area contributed by atoms with E-state index in [2.05, 4.69) is 43.5 Å². The Hall–Kier alpha value is -2.40. The molecule has 0 saturated carbocycles. The van der Waals surface area contributed by atoms with Crippen molar-refractivity contribution in [1.82, 2.24) is 0 Å². The normalized spacial score (nSPS) is 14.3. The van der Waals surface area contributed by atoms with E-state index in [0.717, 1.165) is 14.7 Å². The van der Waals surface area contributed by atoms with Crippen LogP contribution in [0.25, 0.3) is 6.08 Å². The molecule has 3 rings (SSSR count). The number of aliphatic imine (C=N–C) groups is 1. The van der Waals surface area contributed by atoms with Crippen LogP contribution in [0.3, 0.4) is 0 Å². The van der Waals surface area contributed by atoms with Gasteiger partial charge in [0.05, 0.1) is 18.2 Å². The van der Waals surface area contributed by atoms with Gasteiger partial charge in [0.2, 0.25) is 5.90 Å². The molecule has 0 spiro atoms. The van der Waals surface area contributed by atoms with Crippen LogP contribution >= 0.6 is 38.5 Å². The summed E-state index contributed by atoms with van der Waals surface area (Å²) < 4.78 is 22.7. The number of halogens is 2. The van der Waals surface area contributed by atoms with Gasteiger partial charge in [0.15, 0.2) is 23.8 Å². The number of rotatable bonds is 7. The van der Waals surface area contributed by atoms with Gasteiger partial charge in [0.25, 0.3) is 0 Å². The van der Waals surface area contributed by atoms with Gasteiger partial charge in [-0.25, -0.2) is 14.6 Å². The second-order valence-electron chi connectivity index (χ2n) is 6.43. The Kier molecular flexibility index (Phi) is 7.71. The second kappa shape index (κ2) is 10.3. The maximum atomic E-state index is 12.3. The number of hydrogen-bond acceptors (Lipinski definition) is 7. The van der Waals surface area contributed by atoms with Crippen molar-refractivity contribution in [2.75, 3.05) is 20.3 Å². The minimum Gasteiger partial charge on any atom is -0.493 e. The number of methoxy groups -OCH3 is 1. The van der Waals surface area contributed by atoms with Gasteiger partial charge in [0.1, 0.15) is 0 Å².